The van der Waals surface area contributed by atoms with Gasteiger partial charge in [-0.1, -0.05) is 0 Å². The molecule has 0 spiro atoms. The zero-order valence-electron chi connectivity index (χ0n) is 9.39. The van der Waals surface area contributed by atoms with E-state index >= 15 is 0 Å². The molecule has 3 heteroatoms. The first-order valence-corrected chi connectivity index (χ1v) is 4.63. The van der Waals surface area contributed by atoms with Crippen LogP contribution in [0.4, 0.5) is 0 Å². The van der Waals surface area contributed by atoms with Crippen molar-refractivity contribution in [2.45, 2.75) is 45.3 Å². The fourth-order valence-corrected chi connectivity index (χ4v) is 0.770. The Labute approximate surface area is 81.0 Å². The Kier molecular flexibility index (Phi) is 4.89. The molecular weight excluding hydrogens is 168 g/mol. The third-order valence-corrected chi connectivity index (χ3v) is 2.08. The van der Waals surface area contributed by atoms with E-state index in [-0.39, 0.29) is 17.8 Å². The predicted octanol–water partition coefficient (Wildman–Crippen LogP) is 1.59. The van der Waals surface area contributed by atoms with E-state index in [1.54, 1.807) is 7.11 Å². The van der Waals surface area contributed by atoms with Gasteiger partial charge >= 0.3 is 0 Å². The molecule has 80 valence electrons. The highest BCUT2D eigenvalue weighted by molar-refractivity contribution is 4.73. The van der Waals surface area contributed by atoms with Crippen LogP contribution in [-0.2, 0) is 9.47 Å². The Balaban J connectivity index is 3.86. The van der Waals surface area contributed by atoms with Crippen LogP contribution in [0, 0.1) is 0 Å². The molecule has 0 aromatic rings. The summed E-state index contributed by atoms with van der Waals surface area (Å²) in [5, 5.41) is 8.78. The lowest BCUT2D eigenvalue weighted by Gasteiger charge is -2.30. The summed E-state index contributed by atoms with van der Waals surface area (Å²) in [6.07, 6.45) is 0.646. The molecule has 0 bridgehead atoms. The van der Waals surface area contributed by atoms with Crippen LogP contribution in [0.25, 0.3) is 0 Å². The first-order valence-electron chi connectivity index (χ1n) is 4.63. The molecule has 0 unspecified atom stereocenters. The van der Waals surface area contributed by atoms with Crippen LogP contribution in [-0.4, -0.2) is 36.6 Å². The SMILES string of the molecule is COC(C)(C)COC(C)(C)CCO. The van der Waals surface area contributed by atoms with Gasteiger partial charge in [-0.3, -0.25) is 0 Å². The van der Waals surface area contributed by atoms with Crippen LogP contribution >= 0.6 is 0 Å². The van der Waals surface area contributed by atoms with E-state index in [1.165, 1.54) is 0 Å². The molecule has 3 nitrogen and oxygen atoms in total. The lowest BCUT2D eigenvalue weighted by atomic mass is 10.1. The first kappa shape index (κ1) is 12.9. The first-order chi connectivity index (χ1) is 5.83. The molecule has 0 heterocycles. The summed E-state index contributed by atoms with van der Waals surface area (Å²) in [5.74, 6) is 0. The molecule has 0 amide bonds. The lowest BCUT2D eigenvalue weighted by Crippen LogP contribution is -2.36. The molecule has 0 saturated heterocycles. The van der Waals surface area contributed by atoms with Crippen molar-refractivity contribution in [1.82, 2.24) is 0 Å². The zero-order valence-corrected chi connectivity index (χ0v) is 9.39. The van der Waals surface area contributed by atoms with Gasteiger partial charge in [-0.2, -0.15) is 0 Å². The van der Waals surface area contributed by atoms with E-state index in [9.17, 15) is 0 Å². The average Bonchev–Trinajstić information content (AvgIpc) is 2.02. The Morgan fingerprint density at radius 3 is 2.00 bits per heavy atom. The summed E-state index contributed by atoms with van der Waals surface area (Å²) in [4.78, 5) is 0. The molecule has 0 aliphatic rings. The Hall–Kier alpha value is -0.120. The second-order valence-electron chi connectivity index (χ2n) is 4.49. The molecular formula is C10H22O3. The standard InChI is InChI=1S/C10H22O3/c1-9(2,6-7-11)13-8-10(3,4)12-5/h11H,6-8H2,1-5H3. The summed E-state index contributed by atoms with van der Waals surface area (Å²) < 4.78 is 10.9. The number of aliphatic hydroxyl groups excluding tert-OH is 1. The minimum absolute atomic E-state index is 0.153. The van der Waals surface area contributed by atoms with E-state index < -0.39 is 0 Å². The molecule has 0 rings (SSSR count). The highest BCUT2D eigenvalue weighted by Crippen LogP contribution is 2.17. The Bertz CT molecular complexity index is 141. The molecule has 0 aromatic heterocycles. The summed E-state index contributed by atoms with van der Waals surface area (Å²) in [7, 11) is 1.67. The molecule has 0 radical (unpaired) electrons. The molecule has 0 fully saturated rings. The summed E-state index contributed by atoms with van der Waals surface area (Å²) in [5.41, 5.74) is -0.530. The fourth-order valence-electron chi connectivity index (χ4n) is 0.770. The van der Waals surface area contributed by atoms with Gasteiger partial charge in [0.2, 0.25) is 0 Å². The van der Waals surface area contributed by atoms with Gasteiger partial charge in [-0.25, -0.2) is 0 Å². The number of ether oxygens (including phenoxy) is 2. The van der Waals surface area contributed by atoms with Gasteiger partial charge in [-0.15, -0.1) is 0 Å². The molecule has 0 aromatic carbocycles. The van der Waals surface area contributed by atoms with Gasteiger partial charge in [0.1, 0.15) is 0 Å². The van der Waals surface area contributed by atoms with Crippen LogP contribution in [0.15, 0.2) is 0 Å². The van der Waals surface area contributed by atoms with Crippen molar-refractivity contribution in [3.05, 3.63) is 0 Å². The summed E-state index contributed by atoms with van der Waals surface area (Å²) in [6, 6.07) is 0. The van der Waals surface area contributed by atoms with Crippen LogP contribution < -0.4 is 0 Å². The van der Waals surface area contributed by atoms with E-state index in [0.29, 0.717) is 13.0 Å². The Morgan fingerprint density at radius 1 is 1.08 bits per heavy atom. The van der Waals surface area contributed by atoms with Crippen molar-refractivity contribution in [3.63, 3.8) is 0 Å². The van der Waals surface area contributed by atoms with Gasteiger partial charge in [0, 0.05) is 13.7 Å². The van der Waals surface area contributed by atoms with Crippen molar-refractivity contribution in [2.75, 3.05) is 20.3 Å². The number of methoxy groups -OCH3 is 1. The largest absolute Gasteiger partial charge is 0.396 e. The van der Waals surface area contributed by atoms with Gasteiger partial charge in [0.25, 0.3) is 0 Å². The number of hydrogen-bond acceptors (Lipinski definition) is 3. The average molecular weight is 190 g/mol. The maximum Gasteiger partial charge on any atom is 0.0855 e. The normalized spacial score (nSPS) is 13.4. The monoisotopic (exact) mass is 190 g/mol. The maximum absolute atomic E-state index is 8.78. The topological polar surface area (TPSA) is 38.7 Å². The summed E-state index contributed by atoms with van der Waals surface area (Å²) >= 11 is 0. The number of rotatable bonds is 6. The minimum Gasteiger partial charge on any atom is -0.396 e. The highest BCUT2D eigenvalue weighted by Gasteiger charge is 2.23. The lowest BCUT2D eigenvalue weighted by molar-refractivity contribution is -0.112. The van der Waals surface area contributed by atoms with E-state index in [4.69, 9.17) is 14.6 Å². The van der Waals surface area contributed by atoms with E-state index in [1.807, 2.05) is 27.7 Å². The van der Waals surface area contributed by atoms with E-state index in [0.717, 1.165) is 0 Å². The van der Waals surface area contributed by atoms with Crippen molar-refractivity contribution in [2.24, 2.45) is 0 Å². The van der Waals surface area contributed by atoms with Crippen molar-refractivity contribution in [3.8, 4) is 0 Å². The van der Waals surface area contributed by atoms with Crippen molar-refractivity contribution < 1.29 is 14.6 Å². The van der Waals surface area contributed by atoms with Gasteiger partial charge in [-0.05, 0) is 34.1 Å². The maximum atomic E-state index is 8.78. The number of hydrogen-bond donors (Lipinski definition) is 1. The molecule has 0 atom stereocenters. The highest BCUT2D eigenvalue weighted by atomic mass is 16.5. The zero-order chi connectivity index (χ0) is 10.5. The van der Waals surface area contributed by atoms with Crippen LogP contribution in [0.2, 0.25) is 0 Å². The van der Waals surface area contributed by atoms with Crippen LogP contribution in [0.1, 0.15) is 34.1 Å². The molecule has 0 aliphatic heterocycles. The summed E-state index contributed by atoms with van der Waals surface area (Å²) in [6.45, 7) is 8.57. The van der Waals surface area contributed by atoms with Gasteiger partial charge < -0.3 is 14.6 Å². The molecule has 0 aliphatic carbocycles. The predicted molar refractivity (Wildman–Crippen MR) is 52.8 cm³/mol. The Morgan fingerprint density at radius 2 is 1.62 bits per heavy atom. The van der Waals surface area contributed by atoms with E-state index in [2.05, 4.69) is 0 Å². The smallest absolute Gasteiger partial charge is 0.0855 e. The molecule has 0 saturated carbocycles. The fraction of sp³-hybridized carbons (Fsp3) is 1.00. The minimum atomic E-state index is -0.273. The second-order valence-corrected chi connectivity index (χ2v) is 4.49. The van der Waals surface area contributed by atoms with Gasteiger partial charge in [0.05, 0.1) is 17.8 Å². The third kappa shape index (κ3) is 6.02. The van der Waals surface area contributed by atoms with Crippen LogP contribution in [0.3, 0.4) is 0 Å². The molecule has 1 N–H and O–H groups in total. The second kappa shape index (κ2) is 4.94. The van der Waals surface area contributed by atoms with Crippen molar-refractivity contribution in [1.29, 1.82) is 0 Å². The quantitative estimate of drug-likeness (QED) is 0.691. The number of aliphatic hydroxyl groups is 1. The molecule has 13 heavy (non-hydrogen) atoms. The van der Waals surface area contributed by atoms with Crippen LogP contribution in [0.5, 0.6) is 0 Å². The van der Waals surface area contributed by atoms with Crippen molar-refractivity contribution >= 4 is 0 Å². The third-order valence-electron chi connectivity index (χ3n) is 2.08. The van der Waals surface area contributed by atoms with Gasteiger partial charge in [0.15, 0.2) is 0 Å².